The van der Waals surface area contributed by atoms with Crippen LogP contribution in [0.2, 0.25) is 0 Å². The number of phosphoric acid groups is 1. The van der Waals surface area contributed by atoms with E-state index in [1.807, 2.05) is 33.3 Å². The number of hydrogen-bond donors (Lipinski definition) is 1. The Bertz CT molecular complexity index is 1280. The molecule has 0 spiro atoms. The Morgan fingerprint density at radius 3 is 1.45 bits per heavy atom. The van der Waals surface area contributed by atoms with Crippen LogP contribution in [0.25, 0.3) is 0 Å². The van der Waals surface area contributed by atoms with Gasteiger partial charge in [-0.2, -0.15) is 0 Å². The van der Waals surface area contributed by atoms with Gasteiger partial charge in [0.05, 0.1) is 33.8 Å². The molecule has 1 N–H and O–H groups in total. The summed E-state index contributed by atoms with van der Waals surface area (Å²) in [7, 11) is 1.17. The SMILES string of the molecule is CC/C=C/C/C=C/C/C=C/CCCCCCC(=O)NC(COP(=O)([O-])OCC[N+](C)(C)C)C(/C=C/CCCCCCCCCCCC)OC(=O)CCCCCCCCCCCCCCCC. The number of amides is 1. The van der Waals surface area contributed by atoms with Crippen molar-refractivity contribution in [3.8, 4) is 0 Å². The van der Waals surface area contributed by atoms with Gasteiger partial charge in [-0.05, 0) is 63.9 Å². The number of quaternary nitrogens is 1. The molecule has 10 heteroatoms. The monoisotopic (exact) mass is 949 g/mol. The van der Waals surface area contributed by atoms with Gasteiger partial charge in [0.25, 0.3) is 7.82 Å². The van der Waals surface area contributed by atoms with Crippen molar-refractivity contribution in [1.82, 2.24) is 5.32 Å². The van der Waals surface area contributed by atoms with E-state index in [0.29, 0.717) is 23.9 Å². The van der Waals surface area contributed by atoms with Gasteiger partial charge in [-0.3, -0.25) is 14.2 Å². The molecule has 0 aliphatic rings. The molecule has 0 aromatic rings. The van der Waals surface area contributed by atoms with Gasteiger partial charge < -0.3 is 28.5 Å². The molecule has 9 nitrogen and oxygen atoms in total. The molecule has 0 aromatic carbocycles. The average molecular weight is 949 g/mol. The van der Waals surface area contributed by atoms with E-state index in [9.17, 15) is 19.0 Å². The molecular weight excluding hydrogens is 844 g/mol. The van der Waals surface area contributed by atoms with Crippen molar-refractivity contribution in [2.75, 3.05) is 40.9 Å². The quantitative estimate of drug-likeness (QED) is 0.0212. The standard InChI is InChI=1S/C56H105N2O7P/c1-7-10-13-16-19-22-25-28-30-33-36-39-42-45-48-55(59)57-53(52-64-66(61,62)63-51-50-58(4,5)6)54(47-44-41-38-35-32-27-24-21-18-15-12-9-3)65-56(60)49-46-43-40-37-34-31-29-26-23-20-17-14-11-8-2/h10,13,19,22,28,30,44,47,53-54H,7-9,11-12,14-18,20-21,23-27,29,31-43,45-46,48-52H2,1-6H3,(H-,57,59,61,62)/b13-10+,22-19+,30-28+,47-44+. The number of unbranched alkanes of at least 4 members (excludes halogenated alkanes) is 27. The van der Waals surface area contributed by atoms with Gasteiger partial charge in [0, 0.05) is 12.8 Å². The van der Waals surface area contributed by atoms with E-state index >= 15 is 0 Å². The summed E-state index contributed by atoms with van der Waals surface area (Å²) in [6.45, 7) is 6.71. The number of esters is 1. The van der Waals surface area contributed by atoms with Crippen molar-refractivity contribution in [3.63, 3.8) is 0 Å². The summed E-state index contributed by atoms with van der Waals surface area (Å²) in [4.78, 5) is 39.7. The molecule has 0 fully saturated rings. The molecule has 0 bridgehead atoms. The number of likely N-dealkylation sites (N-methyl/N-ethyl adjacent to an activating group) is 1. The number of ether oxygens (including phenoxy) is 1. The third-order valence-electron chi connectivity index (χ3n) is 12.0. The molecule has 0 saturated heterocycles. The zero-order valence-corrected chi connectivity index (χ0v) is 44.8. The maximum atomic E-state index is 13.4. The Hall–Kier alpha value is -2.03. The van der Waals surface area contributed by atoms with Gasteiger partial charge in [-0.1, -0.05) is 217 Å². The second kappa shape index (κ2) is 46.7. The van der Waals surface area contributed by atoms with Crippen LogP contribution < -0.4 is 10.2 Å². The van der Waals surface area contributed by atoms with Crippen LogP contribution in [-0.2, 0) is 27.9 Å². The maximum absolute atomic E-state index is 13.4. The third-order valence-corrected chi connectivity index (χ3v) is 13.0. The van der Waals surface area contributed by atoms with Gasteiger partial charge in [-0.25, -0.2) is 0 Å². The van der Waals surface area contributed by atoms with E-state index in [4.69, 9.17) is 13.8 Å². The molecule has 66 heavy (non-hydrogen) atoms. The van der Waals surface area contributed by atoms with Crippen LogP contribution in [0.15, 0.2) is 48.6 Å². The fourth-order valence-corrected chi connectivity index (χ4v) is 8.49. The number of hydrogen-bond acceptors (Lipinski definition) is 7. The predicted octanol–water partition coefficient (Wildman–Crippen LogP) is 15.5. The Kier molecular flexibility index (Phi) is 45.3. The number of carbonyl (C=O) groups excluding carboxylic acids is 2. The summed E-state index contributed by atoms with van der Waals surface area (Å²) >= 11 is 0. The van der Waals surface area contributed by atoms with E-state index < -0.39 is 26.6 Å². The minimum absolute atomic E-state index is 0.0263. The van der Waals surface area contributed by atoms with Crippen LogP contribution in [0.3, 0.4) is 0 Å². The van der Waals surface area contributed by atoms with Crippen LogP contribution in [0, 0.1) is 0 Å². The van der Waals surface area contributed by atoms with Crippen molar-refractivity contribution >= 4 is 19.7 Å². The van der Waals surface area contributed by atoms with Crippen molar-refractivity contribution in [3.05, 3.63) is 48.6 Å². The topological polar surface area (TPSA) is 114 Å². The number of carbonyl (C=O) groups is 2. The second-order valence-corrected chi connectivity index (χ2v) is 21.1. The van der Waals surface area contributed by atoms with Crippen LogP contribution in [0.4, 0.5) is 0 Å². The molecule has 1 amide bonds. The molecule has 0 aromatic heterocycles. The van der Waals surface area contributed by atoms with Crippen molar-refractivity contribution in [2.24, 2.45) is 0 Å². The van der Waals surface area contributed by atoms with Gasteiger partial charge in [-0.15, -0.1) is 0 Å². The third kappa shape index (κ3) is 47.1. The molecule has 3 unspecified atom stereocenters. The number of phosphoric ester groups is 1. The summed E-state index contributed by atoms with van der Waals surface area (Å²) in [5.74, 6) is -0.563. The lowest BCUT2D eigenvalue weighted by Gasteiger charge is -2.30. The van der Waals surface area contributed by atoms with Crippen LogP contribution in [0.1, 0.15) is 245 Å². The lowest BCUT2D eigenvalue weighted by Crippen LogP contribution is -2.47. The Morgan fingerprint density at radius 1 is 0.545 bits per heavy atom. The first-order valence-corrected chi connectivity index (χ1v) is 28.9. The zero-order valence-electron chi connectivity index (χ0n) is 43.9. The molecule has 0 radical (unpaired) electrons. The zero-order chi connectivity index (χ0) is 48.7. The highest BCUT2D eigenvalue weighted by Gasteiger charge is 2.27. The highest BCUT2D eigenvalue weighted by Crippen LogP contribution is 2.38. The number of nitrogens with zero attached hydrogens (tertiary/aromatic N) is 1. The Morgan fingerprint density at radius 2 is 0.970 bits per heavy atom. The summed E-state index contributed by atoms with van der Waals surface area (Å²) in [6.07, 6.45) is 55.0. The van der Waals surface area contributed by atoms with Crippen LogP contribution >= 0.6 is 7.82 Å². The first-order valence-electron chi connectivity index (χ1n) is 27.4. The van der Waals surface area contributed by atoms with Gasteiger partial charge >= 0.3 is 5.97 Å². The summed E-state index contributed by atoms with van der Waals surface area (Å²) < 4.78 is 30.2. The Labute approximate surface area is 408 Å². The van der Waals surface area contributed by atoms with Crippen LogP contribution in [0.5, 0.6) is 0 Å². The van der Waals surface area contributed by atoms with Gasteiger partial charge in [0.2, 0.25) is 5.91 Å². The lowest BCUT2D eigenvalue weighted by molar-refractivity contribution is -0.870. The fourth-order valence-electron chi connectivity index (χ4n) is 7.77. The molecule has 0 aliphatic carbocycles. The molecule has 0 heterocycles. The van der Waals surface area contributed by atoms with Crippen molar-refractivity contribution in [2.45, 2.75) is 258 Å². The molecule has 386 valence electrons. The van der Waals surface area contributed by atoms with E-state index in [1.165, 1.54) is 122 Å². The predicted molar refractivity (Wildman–Crippen MR) is 279 cm³/mol. The average Bonchev–Trinajstić information content (AvgIpc) is 3.27. The highest BCUT2D eigenvalue weighted by molar-refractivity contribution is 7.45. The summed E-state index contributed by atoms with van der Waals surface area (Å²) in [5.41, 5.74) is 0. The van der Waals surface area contributed by atoms with E-state index in [1.54, 1.807) is 0 Å². The minimum Gasteiger partial charge on any atom is -0.756 e. The lowest BCUT2D eigenvalue weighted by atomic mass is 10.0. The number of rotatable bonds is 49. The van der Waals surface area contributed by atoms with E-state index in [-0.39, 0.29) is 24.9 Å². The first-order chi connectivity index (χ1) is 31.9. The summed E-state index contributed by atoms with van der Waals surface area (Å²) in [5, 5.41) is 3.00. The molecule has 0 aliphatic heterocycles. The molecule has 3 atom stereocenters. The molecule has 0 saturated carbocycles. The van der Waals surface area contributed by atoms with E-state index in [2.05, 4.69) is 62.5 Å². The molecule has 0 rings (SSSR count). The van der Waals surface area contributed by atoms with Gasteiger partial charge in [0.1, 0.15) is 19.3 Å². The smallest absolute Gasteiger partial charge is 0.306 e. The van der Waals surface area contributed by atoms with Crippen LogP contribution in [-0.4, -0.2) is 69.4 Å². The van der Waals surface area contributed by atoms with E-state index in [0.717, 1.165) is 83.5 Å². The second-order valence-electron chi connectivity index (χ2n) is 19.7. The van der Waals surface area contributed by atoms with Gasteiger partial charge in [0.15, 0.2) is 0 Å². The van der Waals surface area contributed by atoms with Crippen molar-refractivity contribution in [1.29, 1.82) is 0 Å². The fraction of sp³-hybridized carbons (Fsp3) is 0.821. The normalized spacial score (nSPS) is 14.2. The number of allylic oxidation sites excluding steroid dienone is 7. The minimum atomic E-state index is -4.69. The summed E-state index contributed by atoms with van der Waals surface area (Å²) in [6, 6.07) is -0.895. The largest absolute Gasteiger partial charge is 0.756 e. The maximum Gasteiger partial charge on any atom is 0.306 e. The van der Waals surface area contributed by atoms with Crippen molar-refractivity contribution < 1.29 is 37.3 Å². The molecular formula is C56H105N2O7P. The first kappa shape index (κ1) is 64.0. The Balaban J connectivity index is 5.42. The highest BCUT2D eigenvalue weighted by atomic mass is 31.2. The number of nitrogens with one attached hydrogen (secondary N) is 1.